The zero-order chi connectivity index (χ0) is 25.8. The van der Waals surface area contributed by atoms with Gasteiger partial charge in [0.2, 0.25) is 5.91 Å². The second-order valence-corrected chi connectivity index (χ2v) is 7.72. The molecule has 0 aliphatic carbocycles. The highest BCUT2D eigenvalue weighted by Gasteiger charge is 2.38. The number of hydrogen-bond acceptors (Lipinski definition) is 4. The first-order valence-electron chi connectivity index (χ1n) is 11.0. The number of piperazine rings is 1. The van der Waals surface area contributed by atoms with Crippen molar-refractivity contribution in [1.82, 2.24) is 15.1 Å². The summed E-state index contributed by atoms with van der Waals surface area (Å²) in [6.45, 7) is 3.88. The highest BCUT2D eigenvalue weighted by Crippen LogP contribution is 2.13. The lowest BCUT2D eigenvalue weighted by Gasteiger charge is -2.29. The van der Waals surface area contributed by atoms with Crippen molar-refractivity contribution in [1.29, 1.82) is 0 Å². The van der Waals surface area contributed by atoms with Crippen LogP contribution in [0.25, 0.3) is 0 Å². The molecule has 190 valence electrons. The highest BCUT2D eigenvalue weighted by atomic mass is 19.4. The van der Waals surface area contributed by atoms with E-state index in [9.17, 15) is 27.2 Å². The van der Waals surface area contributed by atoms with Gasteiger partial charge >= 0.3 is 12.1 Å². The van der Waals surface area contributed by atoms with Crippen molar-refractivity contribution in [3.05, 3.63) is 71.5 Å². The Kier molecular flexibility index (Phi) is 10.7. The van der Waals surface area contributed by atoms with Crippen molar-refractivity contribution in [3.63, 3.8) is 0 Å². The van der Waals surface area contributed by atoms with Gasteiger partial charge in [0.05, 0.1) is 0 Å². The maximum Gasteiger partial charge on any atom is 0.490 e. The fraction of sp³-hybridized carbons (Fsp3) is 0.375. The lowest BCUT2D eigenvalue weighted by Crippen LogP contribution is -2.47. The summed E-state index contributed by atoms with van der Waals surface area (Å²) in [7, 11) is 0. The van der Waals surface area contributed by atoms with Crippen molar-refractivity contribution < 1.29 is 37.1 Å². The van der Waals surface area contributed by atoms with Gasteiger partial charge < -0.3 is 20.2 Å². The third-order valence-corrected chi connectivity index (χ3v) is 5.20. The molecule has 11 heteroatoms. The van der Waals surface area contributed by atoms with E-state index in [1.807, 2.05) is 35.2 Å². The number of aliphatic carboxylic acids is 1. The molecule has 2 aromatic carbocycles. The number of nitrogens with zero attached hydrogens (tertiary/aromatic N) is 2. The number of alkyl halides is 3. The molecular formula is C24H27F4N3O4. The molecule has 35 heavy (non-hydrogen) atoms. The molecule has 2 aromatic rings. The summed E-state index contributed by atoms with van der Waals surface area (Å²) in [6.07, 6.45) is -4.09. The van der Waals surface area contributed by atoms with Gasteiger partial charge in [-0.3, -0.25) is 9.59 Å². The van der Waals surface area contributed by atoms with Crippen LogP contribution in [0.1, 0.15) is 22.3 Å². The van der Waals surface area contributed by atoms with E-state index in [1.165, 1.54) is 24.3 Å². The van der Waals surface area contributed by atoms with E-state index in [1.54, 1.807) is 4.90 Å². The Morgan fingerprint density at radius 1 is 0.943 bits per heavy atom. The number of hydrogen-bond donors (Lipinski definition) is 2. The van der Waals surface area contributed by atoms with Gasteiger partial charge in [-0.15, -0.1) is 0 Å². The van der Waals surface area contributed by atoms with Crippen LogP contribution >= 0.6 is 0 Å². The van der Waals surface area contributed by atoms with E-state index in [0.717, 1.165) is 18.7 Å². The molecule has 0 bridgehead atoms. The van der Waals surface area contributed by atoms with Crippen LogP contribution in [0.2, 0.25) is 0 Å². The second-order valence-electron chi connectivity index (χ2n) is 7.72. The number of carbonyl (C=O) groups excluding carboxylic acids is 2. The first-order valence-corrected chi connectivity index (χ1v) is 11.0. The third kappa shape index (κ3) is 9.73. The van der Waals surface area contributed by atoms with Crippen molar-refractivity contribution in [2.75, 3.05) is 39.3 Å². The summed E-state index contributed by atoms with van der Waals surface area (Å²) >= 11 is 0. The normalized spacial score (nSPS) is 13.4. The highest BCUT2D eigenvalue weighted by molar-refractivity contribution is 5.94. The topological polar surface area (TPSA) is 90.0 Å². The number of halogens is 4. The van der Waals surface area contributed by atoms with Crippen LogP contribution in [0.3, 0.4) is 0 Å². The number of carboxylic acid groups (broad SMARTS) is 1. The fourth-order valence-electron chi connectivity index (χ4n) is 3.30. The van der Waals surface area contributed by atoms with E-state index in [2.05, 4.69) is 5.32 Å². The average molecular weight is 497 g/mol. The fourth-order valence-corrected chi connectivity index (χ4v) is 3.30. The lowest BCUT2D eigenvalue weighted by atomic mass is 10.1. The number of nitrogens with one attached hydrogen (secondary N) is 1. The van der Waals surface area contributed by atoms with Crippen LogP contribution in [-0.2, 0) is 16.0 Å². The van der Waals surface area contributed by atoms with Crippen molar-refractivity contribution >= 4 is 17.8 Å². The van der Waals surface area contributed by atoms with Crippen molar-refractivity contribution in [2.45, 2.75) is 19.0 Å². The predicted octanol–water partition coefficient (Wildman–Crippen LogP) is 2.97. The summed E-state index contributed by atoms with van der Waals surface area (Å²) in [5, 5.41) is 10.4. The molecule has 0 spiro atoms. The van der Waals surface area contributed by atoms with E-state index >= 15 is 0 Å². The summed E-state index contributed by atoms with van der Waals surface area (Å²) in [5.74, 6) is -3.24. The molecule has 2 amide bonds. The molecule has 1 saturated heterocycles. The van der Waals surface area contributed by atoms with E-state index in [4.69, 9.17) is 9.90 Å². The first kappa shape index (κ1) is 27.8. The largest absolute Gasteiger partial charge is 0.490 e. The molecule has 2 N–H and O–H groups in total. The Hall–Kier alpha value is -3.47. The third-order valence-electron chi connectivity index (χ3n) is 5.20. The standard InChI is InChI=1S/C22H26FN3O2.C2HF3O2/c23-20-8-6-19(7-9-20)22(28)26(14-10-18-4-2-1-3-5-18)15-11-21(27)25-16-12-24-13-17-25;3-2(4,5)1(6)7/h1-9,24H,10-17H2;(H,6,7). The van der Waals surface area contributed by atoms with Gasteiger partial charge in [0, 0.05) is 51.3 Å². The van der Waals surface area contributed by atoms with Crippen LogP contribution in [0, 0.1) is 5.82 Å². The van der Waals surface area contributed by atoms with Gasteiger partial charge in [-0.05, 0) is 36.2 Å². The number of carboxylic acids is 1. The lowest BCUT2D eigenvalue weighted by molar-refractivity contribution is -0.192. The smallest absolute Gasteiger partial charge is 0.475 e. The van der Waals surface area contributed by atoms with Gasteiger partial charge in [0.1, 0.15) is 5.82 Å². The molecule has 1 heterocycles. The number of carbonyl (C=O) groups is 3. The quantitative estimate of drug-likeness (QED) is 0.575. The number of rotatable bonds is 7. The van der Waals surface area contributed by atoms with Crippen LogP contribution < -0.4 is 5.32 Å². The number of benzene rings is 2. The zero-order valence-corrected chi connectivity index (χ0v) is 18.9. The minimum absolute atomic E-state index is 0.0677. The van der Waals surface area contributed by atoms with Crippen LogP contribution in [0.4, 0.5) is 17.6 Å². The molecular weight excluding hydrogens is 470 g/mol. The van der Waals surface area contributed by atoms with E-state index < -0.39 is 12.1 Å². The first-order chi connectivity index (χ1) is 16.6. The minimum atomic E-state index is -5.08. The zero-order valence-electron chi connectivity index (χ0n) is 18.9. The maximum absolute atomic E-state index is 13.2. The van der Waals surface area contributed by atoms with Gasteiger partial charge in [-0.2, -0.15) is 13.2 Å². The SMILES string of the molecule is O=C(CCN(CCc1ccccc1)C(=O)c1ccc(F)cc1)N1CCNCC1.O=C(O)C(F)(F)F. The monoisotopic (exact) mass is 497 g/mol. The second kappa shape index (κ2) is 13.4. The summed E-state index contributed by atoms with van der Waals surface area (Å²) < 4.78 is 44.9. The van der Waals surface area contributed by atoms with E-state index in [0.29, 0.717) is 44.6 Å². The molecule has 0 atom stereocenters. The Morgan fingerprint density at radius 2 is 1.51 bits per heavy atom. The Balaban J connectivity index is 0.000000540. The maximum atomic E-state index is 13.2. The molecule has 0 aromatic heterocycles. The van der Waals surface area contributed by atoms with Gasteiger partial charge in [-0.1, -0.05) is 30.3 Å². The van der Waals surface area contributed by atoms with Gasteiger partial charge in [0.25, 0.3) is 5.91 Å². The molecule has 1 aliphatic heterocycles. The molecule has 3 rings (SSSR count). The van der Waals surface area contributed by atoms with Crippen LogP contribution in [0.5, 0.6) is 0 Å². The molecule has 1 fully saturated rings. The van der Waals surface area contributed by atoms with Gasteiger partial charge in [0.15, 0.2) is 0 Å². The van der Waals surface area contributed by atoms with Crippen molar-refractivity contribution in [2.24, 2.45) is 0 Å². The Bertz CT molecular complexity index is 963. The number of amides is 2. The summed E-state index contributed by atoms with van der Waals surface area (Å²) in [6, 6.07) is 15.5. The minimum Gasteiger partial charge on any atom is -0.475 e. The molecule has 7 nitrogen and oxygen atoms in total. The van der Waals surface area contributed by atoms with Crippen LogP contribution in [0.15, 0.2) is 54.6 Å². The predicted molar refractivity (Wildman–Crippen MR) is 120 cm³/mol. The Morgan fingerprint density at radius 3 is 2.06 bits per heavy atom. The Labute approximate surface area is 200 Å². The molecule has 0 saturated carbocycles. The average Bonchev–Trinajstić information content (AvgIpc) is 2.85. The summed E-state index contributed by atoms with van der Waals surface area (Å²) in [5.41, 5.74) is 1.57. The molecule has 1 aliphatic rings. The van der Waals surface area contributed by atoms with Crippen LogP contribution in [-0.4, -0.2) is 78.1 Å². The van der Waals surface area contributed by atoms with Crippen molar-refractivity contribution in [3.8, 4) is 0 Å². The van der Waals surface area contributed by atoms with E-state index in [-0.39, 0.29) is 17.6 Å². The molecule has 0 unspecified atom stereocenters. The molecule has 0 radical (unpaired) electrons. The van der Waals surface area contributed by atoms with Gasteiger partial charge in [-0.25, -0.2) is 9.18 Å². The summed E-state index contributed by atoms with van der Waals surface area (Å²) in [4.78, 5) is 37.9.